The molecular weight excluding hydrogens is 310 g/mol. The van der Waals surface area contributed by atoms with Crippen LogP contribution in [-0.2, 0) is 13.1 Å². The normalized spacial score (nSPS) is 14.9. The number of aromatic nitrogens is 1. The summed E-state index contributed by atoms with van der Waals surface area (Å²) >= 11 is 0. The topological polar surface area (TPSA) is 55.3 Å². The molecule has 0 bridgehead atoms. The van der Waals surface area contributed by atoms with Gasteiger partial charge < -0.3 is 10.3 Å². The molecule has 4 nitrogen and oxygen atoms in total. The Bertz CT molecular complexity index is 815. The number of hydrogen-bond acceptors (Lipinski definition) is 4. The number of rotatable bonds is 5. The number of benzene rings is 2. The van der Waals surface area contributed by atoms with E-state index in [0.29, 0.717) is 12.3 Å². The largest absolute Gasteiger partial charge is 0.359 e. The lowest BCUT2D eigenvalue weighted by Crippen LogP contribution is -2.18. The molecule has 0 aliphatic carbocycles. The first-order chi connectivity index (χ1) is 12.3. The molecule has 4 heteroatoms. The first kappa shape index (κ1) is 16.1. The van der Waals surface area contributed by atoms with Gasteiger partial charge in [-0.1, -0.05) is 53.7 Å². The highest BCUT2D eigenvalue weighted by molar-refractivity contribution is 5.68. The molecule has 0 amide bonds. The van der Waals surface area contributed by atoms with Crippen LogP contribution in [0.15, 0.2) is 59.1 Å². The molecule has 1 aliphatic heterocycles. The molecule has 2 heterocycles. The Kier molecular flexibility index (Phi) is 4.63. The molecular formula is C21H23N3O. The highest BCUT2D eigenvalue weighted by Crippen LogP contribution is 2.25. The molecule has 0 spiro atoms. The Morgan fingerprint density at radius 2 is 1.48 bits per heavy atom. The molecule has 1 aliphatic rings. The minimum Gasteiger partial charge on any atom is -0.359 e. The molecule has 0 unspecified atom stereocenters. The Labute approximate surface area is 148 Å². The summed E-state index contributed by atoms with van der Waals surface area (Å²) in [5.41, 5.74) is 11.3. The van der Waals surface area contributed by atoms with Crippen molar-refractivity contribution < 1.29 is 4.52 Å². The first-order valence-electron chi connectivity index (χ1n) is 8.89. The summed E-state index contributed by atoms with van der Waals surface area (Å²) in [5, 5.41) is 4.06. The molecule has 0 saturated carbocycles. The monoisotopic (exact) mass is 333 g/mol. The predicted molar refractivity (Wildman–Crippen MR) is 99.8 cm³/mol. The van der Waals surface area contributed by atoms with E-state index >= 15 is 0 Å². The maximum Gasteiger partial charge on any atom is 0.150 e. The van der Waals surface area contributed by atoms with Crippen LogP contribution in [0.5, 0.6) is 0 Å². The summed E-state index contributed by atoms with van der Waals surface area (Å²) in [5.74, 6) is 0.702. The third-order valence-electron chi connectivity index (χ3n) is 4.83. The van der Waals surface area contributed by atoms with Gasteiger partial charge in [-0.3, -0.25) is 4.90 Å². The zero-order valence-corrected chi connectivity index (χ0v) is 14.3. The standard InChI is InChI=1S/C21H23N3O/c22-14-20-13-21(23-25-20)19-9-7-18(8-10-19)17-5-3-16(4-6-17)15-24-11-1-2-12-24/h3-10,13H,1-2,11-12,14-15,22H2. The minimum atomic E-state index is 0.370. The van der Waals surface area contributed by atoms with Crippen LogP contribution in [0.2, 0.25) is 0 Å². The van der Waals surface area contributed by atoms with Gasteiger partial charge in [0.25, 0.3) is 0 Å². The second-order valence-electron chi connectivity index (χ2n) is 6.64. The smallest absolute Gasteiger partial charge is 0.150 e. The highest BCUT2D eigenvalue weighted by atomic mass is 16.5. The van der Waals surface area contributed by atoms with Gasteiger partial charge >= 0.3 is 0 Å². The first-order valence-corrected chi connectivity index (χ1v) is 8.89. The van der Waals surface area contributed by atoms with E-state index in [1.807, 2.05) is 6.07 Å². The molecule has 1 saturated heterocycles. The van der Waals surface area contributed by atoms with E-state index < -0.39 is 0 Å². The predicted octanol–water partition coefficient (Wildman–Crippen LogP) is 4.06. The van der Waals surface area contributed by atoms with E-state index in [-0.39, 0.29) is 0 Å². The Balaban J connectivity index is 1.47. The van der Waals surface area contributed by atoms with Crippen molar-refractivity contribution in [2.24, 2.45) is 5.73 Å². The van der Waals surface area contributed by atoms with Crippen molar-refractivity contribution in [3.8, 4) is 22.4 Å². The lowest BCUT2D eigenvalue weighted by atomic mass is 10.0. The quantitative estimate of drug-likeness (QED) is 0.765. The SMILES string of the molecule is NCc1cc(-c2ccc(-c3ccc(CN4CCCC4)cc3)cc2)no1. The van der Waals surface area contributed by atoms with Gasteiger partial charge in [0.05, 0.1) is 6.54 Å². The van der Waals surface area contributed by atoms with E-state index in [4.69, 9.17) is 10.3 Å². The number of nitrogens with zero attached hydrogens (tertiary/aromatic N) is 2. The van der Waals surface area contributed by atoms with E-state index in [1.54, 1.807) is 0 Å². The average molecular weight is 333 g/mol. The molecule has 1 fully saturated rings. The van der Waals surface area contributed by atoms with Gasteiger partial charge in [0.1, 0.15) is 5.69 Å². The van der Waals surface area contributed by atoms with Gasteiger partial charge in [0.2, 0.25) is 0 Å². The average Bonchev–Trinajstić information content (AvgIpc) is 3.34. The van der Waals surface area contributed by atoms with Crippen LogP contribution in [0, 0.1) is 0 Å². The van der Waals surface area contributed by atoms with Gasteiger partial charge in [0.15, 0.2) is 5.76 Å². The van der Waals surface area contributed by atoms with E-state index in [2.05, 4.69) is 58.6 Å². The summed E-state index contributed by atoms with van der Waals surface area (Å²) in [4.78, 5) is 2.53. The van der Waals surface area contributed by atoms with E-state index in [9.17, 15) is 0 Å². The molecule has 2 N–H and O–H groups in total. The lowest BCUT2D eigenvalue weighted by molar-refractivity contribution is 0.331. The maximum atomic E-state index is 5.57. The lowest BCUT2D eigenvalue weighted by Gasteiger charge is -2.14. The van der Waals surface area contributed by atoms with Gasteiger partial charge in [0, 0.05) is 18.2 Å². The molecule has 2 aromatic carbocycles. The van der Waals surface area contributed by atoms with Gasteiger partial charge in [-0.2, -0.15) is 0 Å². The Morgan fingerprint density at radius 1 is 0.880 bits per heavy atom. The number of nitrogens with two attached hydrogens (primary N) is 1. The van der Waals surface area contributed by atoms with Gasteiger partial charge in [-0.15, -0.1) is 0 Å². The second kappa shape index (κ2) is 7.21. The van der Waals surface area contributed by atoms with Crippen molar-refractivity contribution in [1.29, 1.82) is 0 Å². The number of hydrogen-bond donors (Lipinski definition) is 1. The van der Waals surface area contributed by atoms with Crippen molar-refractivity contribution in [2.45, 2.75) is 25.9 Å². The summed E-state index contributed by atoms with van der Waals surface area (Å²) in [6.07, 6.45) is 2.67. The maximum absolute atomic E-state index is 5.57. The van der Waals surface area contributed by atoms with Crippen LogP contribution in [0.1, 0.15) is 24.2 Å². The van der Waals surface area contributed by atoms with Crippen LogP contribution in [-0.4, -0.2) is 23.1 Å². The fourth-order valence-corrected chi connectivity index (χ4v) is 3.38. The summed E-state index contributed by atoms with van der Waals surface area (Å²) in [6, 6.07) is 19.2. The third kappa shape index (κ3) is 3.65. The van der Waals surface area contributed by atoms with Gasteiger partial charge in [-0.25, -0.2) is 0 Å². The zero-order chi connectivity index (χ0) is 17.1. The minimum absolute atomic E-state index is 0.370. The third-order valence-corrected chi connectivity index (χ3v) is 4.83. The van der Waals surface area contributed by atoms with Crippen molar-refractivity contribution >= 4 is 0 Å². The van der Waals surface area contributed by atoms with Crippen LogP contribution in [0.4, 0.5) is 0 Å². The van der Waals surface area contributed by atoms with Crippen molar-refractivity contribution in [3.63, 3.8) is 0 Å². The van der Waals surface area contributed by atoms with Crippen LogP contribution in [0.25, 0.3) is 22.4 Å². The Morgan fingerprint density at radius 3 is 2.08 bits per heavy atom. The van der Waals surface area contributed by atoms with E-state index in [0.717, 1.165) is 17.8 Å². The summed E-state index contributed by atoms with van der Waals surface area (Å²) in [6.45, 7) is 3.90. The van der Waals surface area contributed by atoms with Crippen molar-refractivity contribution in [1.82, 2.24) is 10.1 Å². The molecule has 25 heavy (non-hydrogen) atoms. The number of likely N-dealkylation sites (tertiary alicyclic amines) is 1. The van der Waals surface area contributed by atoms with Crippen LogP contribution in [0.3, 0.4) is 0 Å². The molecule has 3 aromatic rings. The fourth-order valence-electron chi connectivity index (χ4n) is 3.38. The van der Waals surface area contributed by atoms with Crippen LogP contribution < -0.4 is 5.73 Å². The fraction of sp³-hybridized carbons (Fsp3) is 0.286. The summed E-state index contributed by atoms with van der Waals surface area (Å²) in [7, 11) is 0. The highest BCUT2D eigenvalue weighted by Gasteiger charge is 2.11. The molecule has 128 valence electrons. The Hall–Kier alpha value is -2.43. The van der Waals surface area contributed by atoms with Crippen LogP contribution >= 0.6 is 0 Å². The molecule has 4 rings (SSSR count). The zero-order valence-electron chi connectivity index (χ0n) is 14.3. The second-order valence-corrected chi connectivity index (χ2v) is 6.64. The molecule has 0 radical (unpaired) electrons. The van der Waals surface area contributed by atoms with Crippen molar-refractivity contribution in [3.05, 3.63) is 65.9 Å². The molecule has 1 aromatic heterocycles. The van der Waals surface area contributed by atoms with E-state index in [1.165, 1.54) is 42.6 Å². The summed E-state index contributed by atoms with van der Waals surface area (Å²) < 4.78 is 5.17. The van der Waals surface area contributed by atoms with Gasteiger partial charge in [-0.05, 0) is 42.6 Å². The molecule has 0 atom stereocenters. The van der Waals surface area contributed by atoms with Crippen molar-refractivity contribution in [2.75, 3.05) is 13.1 Å².